The number of aromatic nitrogens is 2. The molecule has 1 aliphatic rings. The highest BCUT2D eigenvalue weighted by molar-refractivity contribution is 6.03. The average molecular weight is 383 g/mol. The summed E-state index contributed by atoms with van der Waals surface area (Å²) >= 11 is 0. The molecule has 1 aromatic carbocycles. The molecule has 1 saturated heterocycles. The summed E-state index contributed by atoms with van der Waals surface area (Å²) in [6.45, 7) is 8.48. The van der Waals surface area contributed by atoms with Crippen LogP contribution in [0.1, 0.15) is 28.5 Å². The fourth-order valence-electron chi connectivity index (χ4n) is 3.14. The van der Waals surface area contributed by atoms with Crippen molar-refractivity contribution in [2.24, 2.45) is 0 Å². The Balaban J connectivity index is 1.61. The Labute approximate surface area is 164 Å². The Morgan fingerprint density at radius 2 is 1.71 bits per heavy atom. The van der Waals surface area contributed by atoms with Gasteiger partial charge < -0.3 is 19.9 Å². The van der Waals surface area contributed by atoms with Crippen LogP contribution in [0.5, 0.6) is 0 Å². The van der Waals surface area contributed by atoms with Crippen LogP contribution in [-0.2, 0) is 4.74 Å². The van der Waals surface area contributed by atoms with Crippen molar-refractivity contribution in [1.29, 1.82) is 0 Å². The SMILES string of the molecule is CCOC(=O)N1CCN(c2ccc(C(=O)Nc3c(C)cccc3C)nn2)CC1. The molecule has 0 spiro atoms. The highest BCUT2D eigenvalue weighted by Gasteiger charge is 2.23. The Morgan fingerprint density at radius 3 is 2.29 bits per heavy atom. The van der Waals surface area contributed by atoms with Gasteiger partial charge in [-0.25, -0.2) is 4.79 Å². The van der Waals surface area contributed by atoms with E-state index in [1.54, 1.807) is 24.0 Å². The van der Waals surface area contributed by atoms with E-state index in [0.29, 0.717) is 38.6 Å². The van der Waals surface area contributed by atoms with Crippen LogP contribution in [0.25, 0.3) is 0 Å². The first-order valence-corrected chi connectivity index (χ1v) is 9.37. The van der Waals surface area contributed by atoms with Gasteiger partial charge in [-0.3, -0.25) is 4.79 Å². The largest absolute Gasteiger partial charge is 0.450 e. The molecular formula is C20H25N5O3. The van der Waals surface area contributed by atoms with Gasteiger partial charge in [0.05, 0.1) is 6.61 Å². The summed E-state index contributed by atoms with van der Waals surface area (Å²) in [5.41, 5.74) is 3.06. The van der Waals surface area contributed by atoms with Crippen molar-refractivity contribution >= 4 is 23.5 Å². The van der Waals surface area contributed by atoms with Crippen molar-refractivity contribution in [2.75, 3.05) is 43.0 Å². The van der Waals surface area contributed by atoms with Gasteiger partial charge in [0.2, 0.25) is 0 Å². The first kappa shape index (κ1) is 19.6. The number of aryl methyl sites for hydroxylation is 2. The fourth-order valence-corrected chi connectivity index (χ4v) is 3.14. The van der Waals surface area contributed by atoms with Crippen LogP contribution in [0.4, 0.5) is 16.3 Å². The molecule has 0 unspecified atom stereocenters. The number of rotatable bonds is 4. The smallest absolute Gasteiger partial charge is 0.409 e. The van der Waals surface area contributed by atoms with Gasteiger partial charge >= 0.3 is 6.09 Å². The first-order valence-electron chi connectivity index (χ1n) is 9.37. The number of piperazine rings is 1. The molecule has 0 aliphatic carbocycles. The highest BCUT2D eigenvalue weighted by Crippen LogP contribution is 2.20. The molecule has 1 aromatic heterocycles. The maximum absolute atomic E-state index is 12.5. The third-order valence-electron chi connectivity index (χ3n) is 4.73. The second-order valence-electron chi connectivity index (χ2n) is 6.67. The van der Waals surface area contributed by atoms with Crippen molar-refractivity contribution < 1.29 is 14.3 Å². The maximum atomic E-state index is 12.5. The number of anilines is 2. The summed E-state index contributed by atoms with van der Waals surface area (Å²) < 4.78 is 5.03. The second-order valence-corrected chi connectivity index (χ2v) is 6.67. The standard InChI is InChI=1S/C20H25N5O3/c1-4-28-20(27)25-12-10-24(11-13-25)17-9-8-16(22-23-17)19(26)21-18-14(2)6-5-7-15(18)3/h5-9H,4,10-13H2,1-3H3,(H,21,26). The van der Waals surface area contributed by atoms with Crippen LogP contribution >= 0.6 is 0 Å². The number of nitrogens with one attached hydrogen (secondary N) is 1. The van der Waals surface area contributed by atoms with Crippen molar-refractivity contribution in [3.63, 3.8) is 0 Å². The van der Waals surface area contributed by atoms with E-state index in [2.05, 4.69) is 15.5 Å². The van der Waals surface area contributed by atoms with Gasteiger partial charge in [0.25, 0.3) is 5.91 Å². The summed E-state index contributed by atoms with van der Waals surface area (Å²) in [5, 5.41) is 11.2. The number of benzene rings is 1. The molecule has 2 heterocycles. The Kier molecular flexibility index (Phi) is 6.08. The van der Waals surface area contributed by atoms with Crippen molar-refractivity contribution in [3.05, 3.63) is 47.2 Å². The van der Waals surface area contributed by atoms with Crippen LogP contribution in [-0.4, -0.2) is 59.9 Å². The minimum Gasteiger partial charge on any atom is -0.450 e. The molecule has 8 heteroatoms. The van der Waals surface area contributed by atoms with Crippen molar-refractivity contribution in [1.82, 2.24) is 15.1 Å². The third-order valence-corrected chi connectivity index (χ3v) is 4.73. The molecule has 1 aliphatic heterocycles. The molecule has 148 valence electrons. The number of hydrogen-bond donors (Lipinski definition) is 1. The van der Waals surface area contributed by atoms with E-state index in [1.165, 1.54) is 0 Å². The minimum absolute atomic E-state index is 0.261. The van der Waals surface area contributed by atoms with E-state index in [1.807, 2.05) is 36.9 Å². The molecule has 28 heavy (non-hydrogen) atoms. The lowest BCUT2D eigenvalue weighted by Gasteiger charge is -2.34. The van der Waals surface area contributed by atoms with Gasteiger partial charge in [-0.05, 0) is 44.0 Å². The number of ether oxygens (including phenoxy) is 1. The van der Waals surface area contributed by atoms with E-state index in [9.17, 15) is 9.59 Å². The molecule has 0 atom stereocenters. The molecule has 0 saturated carbocycles. The number of nitrogens with zero attached hydrogens (tertiary/aromatic N) is 4. The average Bonchev–Trinajstić information content (AvgIpc) is 2.71. The van der Waals surface area contributed by atoms with Crippen molar-refractivity contribution in [3.8, 4) is 0 Å². The third kappa shape index (κ3) is 4.39. The van der Waals surface area contributed by atoms with Gasteiger partial charge in [-0.1, -0.05) is 18.2 Å². The van der Waals surface area contributed by atoms with Crippen molar-refractivity contribution in [2.45, 2.75) is 20.8 Å². The minimum atomic E-state index is -0.288. The lowest BCUT2D eigenvalue weighted by molar-refractivity contribution is 0.101. The van der Waals surface area contributed by atoms with Gasteiger partial charge in [0, 0.05) is 31.9 Å². The second kappa shape index (κ2) is 8.69. The Hall–Kier alpha value is -3.16. The quantitative estimate of drug-likeness (QED) is 0.873. The topological polar surface area (TPSA) is 87.7 Å². The highest BCUT2D eigenvalue weighted by atomic mass is 16.6. The monoisotopic (exact) mass is 383 g/mol. The van der Waals surface area contributed by atoms with Gasteiger partial charge in [-0.15, -0.1) is 10.2 Å². The van der Waals surface area contributed by atoms with E-state index in [0.717, 1.165) is 16.8 Å². The Bertz CT molecular complexity index is 825. The molecule has 2 aromatic rings. The number of para-hydroxylation sites is 1. The number of hydrogen-bond acceptors (Lipinski definition) is 6. The zero-order chi connectivity index (χ0) is 20.1. The maximum Gasteiger partial charge on any atom is 0.409 e. The first-order chi connectivity index (χ1) is 13.5. The number of carbonyl (C=O) groups is 2. The lowest BCUT2D eigenvalue weighted by atomic mass is 10.1. The summed E-state index contributed by atoms with van der Waals surface area (Å²) in [6.07, 6.45) is -0.285. The Morgan fingerprint density at radius 1 is 1.04 bits per heavy atom. The van der Waals surface area contributed by atoms with Crippen LogP contribution < -0.4 is 10.2 Å². The molecule has 1 fully saturated rings. The summed E-state index contributed by atoms with van der Waals surface area (Å²) in [6, 6.07) is 9.31. The zero-order valence-corrected chi connectivity index (χ0v) is 16.4. The van der Waals surface area contributed by atoms with Crippen LogP contribution in [0.2, 0.25) is 0 Å². The van der Waals surface area contributed by atoms with E-state index >= 15 is 0 Å². The molecule has 8 nitrogen and oxygen atoms in total. The molecule has 1 N–H and O–H groups in total. The normalized spacial score (nSPS) is 14.0. The summed E-state index contributed by atoms with van der Waals surface area (Å²) in [7, 11) is 0. The lowest BCUT2D eigenvalue weighted by Crippen LogP contribution is -2.49. The van der Waals surface area contributed by atoms with Gasteiger partial charge in [0.1, 0.15) is 0 Å². The van der Waals surface area contributed by atoms with E-state index in [-0.39, 0.29) is 17.7 Å². The summed E-state index contributed by atoms with van der Waals surface area (Å²) in [5.74, 6) is 0.399. The molecule has 0 bridgehead atoms. The van der Waals surface area contributed by atoms with Crippen LogP contribution in [0, 0.1) is 13.8 Å². The molecule has 2 amide bonds. The van der Waals surface area contributed by atoms with Crippen LogP contribution in [0.3, 0.4) is 0 Å². The van der Waals surface area contributed by atoms with Gasteiger partial charge in [0.15, 0.2) is 11.5 Å². The van der Waals surface area contributed by atoms with Gasteiger partial charge in [-0.2, -0.15) is 0 Å². The number of amides is 2. The predicted octanol–water partition coefficient (Wildman–Crippen LogP) is 2.62. The fraction of sp³-hybridized carbons (Fsp3) is 0.400. The van der Waals surface area contributed by atoms with Crippen LogP contribution in [0.15, 0.2) is 30.3 Å². The summed E-state index contributed by atoms with van der Waals surface area (Å²) in [4.78, 5) is 28.0. The molecular weight excluding hydrogens is 358 g/mol. The molecule has 0 radical (unpaired) electrons. The predicted molar refractivity (Wildman–Crippen MR) is 107 cm³/mol. The number of carbonyl (C=O) groups excluding carboxylic acids is 2. The zero-order valence-electron chi connectivity index (χ0n) is 16.4. The van der Waals surface area contributed by atoms with E-state index in [4.69, 9.17) is 4.74 Å². The van der Waals surface area contributed by atoms with E-state index < -0.39 is 0 Å². The molecule has 3 rings (SSSR count).